The third-order valence-corrected chi connectivity index (χ3v) is 6.65. The van der Waals surface area contributed by atoms with Crippen molar-refractivity contribution in [3.8, 4) is 23.0 Å². The standard InChI is InChI=1S/C30H30F2N8O2.CH2O2/c1-2-19-17-20(7-8-21(19)29(41)35-12-5-3-4-11-33)39-27-28-38-18-23(40(28)16-15-34-27)22-9-10-24(26(32)25(22)31)42-30-36-13-6-14-37-30;2-1-3/h6-10,13-18H,2-5,11-12,33H2,1H3,(H,34,39)(H,35,41);1H,(H,2,3). The van der Waals surface area contributed by atoms with Gasteiger partial charge in [-0.05, 0) is 67.8 Å². The number of hydrogen-bond donors (Lipinski definition) is 4. The fourth-order valence-corrected chi connectivity index (χ4v) is 4.52. The lowest BCUT2D eigenvalue weighted by Gasteiger charge is -2.13. The van der Waals surface area contributed by atoms with Crippen LogP contribution in [0.4, 0.5) is 20.3 Å². The molecule has 0 saturated heterocycles. The minimum absolute atomic E-state index is 0.00913. The Kier molecular flexibility index (Phi) is 11.4. The van der Waals surface area contributed by atoms with Crippen molar-refractivity contribution < 1.29 is 28.2 Å². The molecule has 3 heterocycles. The fraction of sp³-hybridized carbons (Fsp3) is 0.226. The molecule has 12 nitrogen and oxygen atoms in total. The number of amides is 1. The first-order chi connectivity index (χ1) is 21.9. The maximum absolute atomic E-state index is 15.2. The van der Waals surface area contributed by atoms with Gasteiger partial charge in [0.05, 0.1) is 11.9 Å². The highest BCUT2D eigenvalue weighted by atomic mass is 19.2. The average molecular weight is 619 g/mol. The van der Waals surface area contributed by atoms with Crippen LogP contribution in [-0.4, -0.2) is 54.9 Å². The highest BCUT2D eigenvalue weighted by Gasteiger charge is 2.20. The van der Waals surface area contributed by atoms with Crippen molar-refractivity contribution in [3.05, 3.63) is 90.1 Å². The maximum atomic E-state index is 15.2. The predicted molar refractivity (Wildman–Crippen MR) is 163 cm³/mol. The summed E-state index contributed by atoms with van der Waals surface area (Å²) in [4.78, 5) is 37.7. The third-order valence-electron chi connectivity index (χ3n) is 6.65. The minimum atomic E-state index is -1.17. The predicted octanol–water partition coefficient (Wildman–Crippen LogP) is 5.12. The molecule has 45 heavy (non-hydrogen) atoms. The second-order valence-corrected chi connectivity index (χ2v) is 9.55. The van der Waals surface area contributed by atoms with E-state index >= 15 is 4.39 Å². The molecule has 0 fully saturated rings. The molecule has 0 spiro atoms. The van der Waals surface area contributed by atoms with Crippen LogP contribution in [0, 0.1) is 11.6 Å². The number of imidazole rings is 1. The van der Waals surface area contributed by atoms with E-state index in [2.05, 4.69) is 30.6 Å². The van der Waals surface area contributed by atoms with E-state index in [-0.39, 0.29) is 29.7 Å². The number of anilines is 2. The Morgan fingerprint density at radius 3 is 2.56 bits per heavy atom. The van der Waals surface area contributed by atoms with Gasteiger partial charge in [-0.2, -0.15) is 4.39 Å². The number of carboxylic acid groups (broad SMARTS) is 1. The van der Waals surface area contributed by atoms with E-state index in [0.29, 0.717) is 47.9 Å². The molecule has 5 rings (SSSR count). The number of rotatable bonds is 12. The van der Waals surface area contributed by atoms with Crippen LogP contribution in [0.25, 0.3) is 16.9 Å². The molecule has 1 amide bonds. The van der Waals surface area contributed by atoms with Gasteiger partial charge >= 0.3 is 6.01 Å². The summed E-state index contributed by atoms with van der Waals surface area (Å²) in [5.41, 5.74) is 8.43. The van der Waals surface area contributed by atoms with Gasteiger partial charge in [0.15, 0.2) is 23.0 Å². The molecule has 3 aromatic heterocycles. The SMILES string of the molecule is CCc1cc(Nc2nccn3c(-c4ccc(Oc5ncccn5)c(F)c4F)cnc23)ccc1C(=O)NCCCCCN.O=CO. The van der Waals surface area contributed by atoms with Crippen LogP contribution in [0.2, 0.25) is 0 Å². The van der Waals surface area contributed by atoms with E-state index in [0.717, 1.165) is 24.8 Å². The van der Waals surface area contributed by atoms with E-state index < -0.39 is 11.6 Å². The second kappa shape index (κ2) is 15.8. The van der Waals surface area contributed by atoms with Gasteiger partial charge in [-0.1, -0.05) is 13.3 Å². The highest BCUT2D eigenvalue weighted by molar-refractivity contribution is 5.96. The van der Waals surface area contributed by atoms with E-state index in [1.165, 1.54) is 36.9 Å². The van der Waals surface area contributed by atoms with Crippen molar-refractivity contribution in [1.82, 2.24) is 29.7 Å². The van der Waals surface area contributed by atoms with Crippen molar-refractivity contribution in [3.63, 3.8) is 0 Å². The van der Waals surface area contributed by atoms with Crippen LogP contribution < -0.4 is 21.1 Å². The van der Waals surface area contributed by atoms with Crippen LogP contribution in [0.3, 0.4) is 0 Å². The normalized spacial score (nSPS) is 10.6. The summed E-state index contributed by atoms with van der Waals surface area (Å²) in [6.45, 7) is 2.97. The summed E-state index contributed by atoms with van der Waals surface area (Å²) < 4.78 is 37.1. The van der Waals surface area contributed by atoms with Crippen molar-refractivity contribution in [2.45, 2.75) is 32.6 Å². The molecule has 0 unspecified atom stereocenters. The van der Waals surface area contributed by atoms with Gasteiger partial charge in [-0.25, -0.2) is 24.3 Å². The number of benzene rings is 2. The van der Waals surface area contributed by atoms with Crippen LogP contribution in [0.1, 0.15) is 42.1 Å². The van der Waals surface area contributed by atoms with Gasteiger partial charge in [0, 0.05) is 48.1 Å². The van der Waals surface area contributed by atoms with Crippen molar-refractivity contribution in [1.29, 1.82) is 0 Å². The molecule has 2 aromatic carbocycles. The summed E-state index contributed by atoms with van der Waals surface area (Å²) in [5.74, 6) is -2.32. The van der Waals surface area contributed by atoms with Gasteiger partial charge < -0.3 is 26.2 Å². The second-order valence-electron chi connectivity index (χ2n) is 9.55. The quantitative estimate of drug-likeness (QED) is 0.109. The minimum Gasteiger partial charge on any atom is -0.483 e. The molecular weight excluding hydrogens is 586 g/mol. The molecule has 0 bridgehead atoms. The number of hydrogen-bond acceptors (Lipinski definition) is 9. The van der Waals surface area contributed by atoms with Crippen LogP contribution >= 0.6 is 0 Å². The molecule has 0 aliphatic carbocycles. The number of carbonyl (C=O) groups is 2. The van der Waals surface area contributed by atoms with Gasteiger partial charge in [0.1, 0.15) is 0 Å². The van der Waals surface area contributed by atoms with Crippen LogP contribution in [0.5, 0.6) is 11.8 Å². The molecular formula is C31H32F2N8O4. The zero-order chi connectivity index (χ0) is 32.2. The molecule has 0 atom stereocenters. The summed E-state index contributed by atoms with van der Waals surface area (Å²) in [5, 5.41) is 13.1. The molecule has 5 aromatic rings. The topological polar surface area (TPSA) is 170 Å². The number of nitrogens with zero attached hydrogens (tertiary/aromatic N) is 5. The number of aryl methyl sites for hydroxylation is 1. The first-order valence-corrected chi connectivity index (χ1v) is 14.1. The van der Waals surface area contributed by atoms with Gasteiger partial charge in [0.2, 0.25) is 5.82 Å². The zero-order valence-corrected chi connectivity index (χ0v) is 24.4. The zero-order valence-electron chi connectivity index (χ0n) is 24.4. The van der Waals surface area contributed by atoms with Gasteiger partial charge in [-0.15, -0.1) is 0 Å². The maximum Gasteiger partial charge on any atom is 0.321 e. The number of unbranched alkanes of at least 4 members (excludes halogenated alkanes) is 2. The van der Waals surface area contributed by atoms with Crippen molar-refractivity contribution in [2.24, 2.45) is 5.73 Å². The van der Waals surface area contributed by atoms with E-state index in [1.54, 1.807) is 28.8 Å². The third kappa shape index (κ3) is 7.92. The lowest BCUT2D eigenvalue weighted by atomic mass is 10.0. The summed E-state index contributed by atoms with van der Waals surface area (Å²) in [6.07, 6.45) is 10.9. The summed E-state index contributed by atoms with van der Waals surface area (Å²) in [6, 6.07) is 9.66. The molecule has 14 heteroatoms. The van der Waals surface area contributed by atoms with Crippen LogP contribution in [0.15, 0.2) is 67.4 Å². The molecule has 0 aliphatic rings. The Morgan fingerprint density at radius 2 is 1.82 bits per heavy atom. The lowest BCUT2D eigenvalue weighted by Crippen LogP contribution is -2.25. The first kappa shape index (κ1) is 32.4. The van der Waals surface area contributed by atoms with Gasteiger partial charge in [-0.3, -0.25) is 14.0 Å². The largest absolute Gasteiger partial charge is 0.483 e. The number of carbonyl (C=O) groups excluding carboxylic acids is 1. The summed E-state index contributed by atoms with van der Waals surface area (Å²) >= 11 is 0. The Hall–Kier alpha value is -5.50. The van der Waals surface area contributed by atoms with E-state index in [1.807, 2.05) is 13.0 Å². The van der Waals surface area contributed by atoms with Crippen LogP contribution in [-0.2, 0) is 11.2 Å². The van der Waals surface area contributed by atoms with Crippen molar-refractivity contribution >= 4 is 29.5 Å². The Balaban J connectivity index is 0.00000148. The number of fused-ring (bicyclic) bond motifs is 1. The Bertz CT molecular complexity index is 1750. The Morgan fingerprint density at radius 1 is 1.04 bits per heavy atom. The molecule has 5 N–H and O–H groups in total. The number of nitrogens with two attached hydrogens (primary N) is 1. The van der Waals surface area contributed by atoms with E-state index in [4.69, 9.17) is 20.4 Å². The fourth-order valence-electron chi connectivity index (χ4n) is 4.52. The number of ether oxygens (including phenoxy) is 1. The number of halogens is 2. The monoisotopic (exact) mass is 618 g/mol. The highest BCUT2D eigenvalue weighted by Crippen LogP contribution is 2.33. The number of aromatic nitrogens is 5. The smallest absolute Gasteiger partial charge is 0.321 e. The molecule has 0 saturated carbocycles. The molecule has 234 valence electrons. The van der Waals surface area contributed by atoms with Gasteiger partial charge in [0.25, 0.3) is 12.4 Å². The molecule has 0 aliphatic heterocycles. The summed E-state index contributed by atoms with van der Waals surface area (Å²) in [7, 11) is 0. The van der Waals surface area contributed by atoms with Crippen molar-refractivity contribution in [2.75, 3.05) is 18.4 Å². The number of nitrogens with one attached hydrogen (secondary N) is 2. The Labute approximate surface area is 257 Å². The molecule has 0 radical (unpaired) electrons. The average Bonchev–Trinajstić information content (AvgIpc) is 3.49. The lowest BCUT2D eigenvalue weighted by molar-refractivity contribution is -0.122. The first-order valence-electron chi connectivity index (χ1n) is 14.1. The van der Waals surface area contributed by atoms with E-state index in [9.17, 15) is 9.18 Å².